The summed E-state index contributed by atoms with van der Waals surface area (Å²) in [7, 11) is -3.67. The molecule has 1 aromatic carbocycles. The minimum atomic E-state index is -3.67. The van der Waals surface area contributed by atoms with Crippen LogP contribution in [-0.4, -0.2) is 19.7 Å². The highest BCUT2D eigenvalue weighted by molar-refractivity contribution is 7.89. The number of hydrogen-bond acceptors (Lipinski definition) is 3. The largest absolute Gasteiger partial charge is 0.351 e. The number of carbonyl (C=O) groups excluding carboxylic acids is 1. The summed E-state index contributed by atoms with van der Waals surface area (Å²) in [5.41, 5.74) is 0.767. The van der Waals surface area contributed by atoms with E-state index in [4.69, 9.17) is 16.7 Å². The maximum atomic E-state index is 11.2. The molecule has 1 unspecified atom stereocenters. The monoisotopic (exact) mass is 276 g/mol. The molecule has 1 rings (SSSR count). The Hall–Kier alpha value is -1.11. The first-order valence-electron chi connectivity index (χ1n) is 4.84. The van der Waals surface area contributed by atoms with Crippen molar-refractivity contribution in [2.24, 2.45) is 5.14 Å². The number of rotatable bonds is 4. The topological polar surface area (TPSA) is 89.3 Å². The second-order valence-corrected chi connectivity index (χ2v) is 5.74. The Morgan fingerprint density at radius 1 is 1.41 bits per heavy atom. The highest BCUT2D eigenvalue weighted by atomic mass is 35.5. The maximum Gasteiger partial charge on any atom is 0.238 e. The van der Waals surface area contributed by atoms with Gasteiger partial charge in [0.15, 0.2) is 0 Å². The molecule has 0 aliphatic heterocycles. The van der Waals surface area contributed by atoms with Gasteiger partial charge in [-0.25, -0.2) is 13.6 Å². The molecule has 0 radical (unpaired) electrons. The average molecular weight is 277 g/mol. The third-order valence-corrected chi connectivity index (χ3v) is 3.21. The third kappa shape index (κ3) is 4.33. The van der Waals surface area contributed by atoms with Crippen LogP contribution in [0, 0.1) is 0 Å². The van der Waals surface area contributed by atoms with Crippen LogP contribution in [0.3, 0.4) is 0 Å². The fourth-order valence-corrected chi connectivity index (χ4v) is 1.72. The number of nitrogens with two attached hydrogens (primary N) is 1. The first-order chi connectivity index (χ1) is 7.80. The van der Waals surface area contributed by atoms with Crippen molar-refractivity contribution in [2.75, 3.05) is 0 Å². The van der Waals surface area contributed by atoms with Gasteiger partial charge in [-0.15, -0.1) is 11.6 Å². The zero-order valence-corrected chi connectivity index (χ0v) is 10.8. The van der Waals surface area contributed by atoms with Crippen LogP contribution in [0.1, 0.15) is 12.5 Å². The zero-order valence-electron chi connectivity index (χ0n) is 9.18. The van der Waals surface area contributed by atoms with Crippen molar-refractivity contribution in [3.8, 4) is 0 Å². The van der Waals surface area contributed by atoms with E-state index in [9.17, 15) is 13.2 Å². The Morgan fingerprint density at radius 3 is 2.35 bits per heavy atom. The smallest absolute Gasteiger partial charge is 0.238 e. The summed E-state index contributed by atoms with van der Waals surface area (Å²) in [5, 5.41) is 6.96. The molecule has 7 heteroatoms. The van der Waals surface area contributed by atoms with Crippen LogP contribution in [0.2, 0.25) is 0 Å². The van der Waals surface area contributed by atoms with Gasteiger partial charge < -0.3 is 5.32 Å². The van der Waals surface area contributed by atoms with E-state index in [0.29, 0.717) is 6.54 Å². The predicted molar refractivity (Wildman–Crippen MR) is 65.0 cm³/mol. The Bertz CT molecular complexity index is 497. The Kier molecular flexibility index (Phi) is 4.50. The molecule has 0 heterocycles. The van der Waals surface area contributed by atoms with Gasteiger partial charge in [-0.2, -0.15) is 0 Å². The van der Waals surface area contributed by atoms with E-state index in [0.717, 1.165) is 5.56 Å². The minimum Gasteiger partial charge on any atom is -0.351 e. The molecule has 5 nitrogen and oxygen atoms in total. The van der Waals surface area contributed by atoms with E-state index in [2.05, 4.69) is 5.32 Å². The van der Waals surface area contributed by atoms with E-state index in [-0.39, 0.29) is 10.8 Å². The van der Waals surface area contributed by atoms with Crippen molar-refractivity contribution in [1.29, 1.82) is 0 Å². The molecule has 1 aromatic rings. The second-order valence-electron chi connectivity index (χ2n) is 3.52. The van der Waals surface area contributed by atoms with Crippen LogP contribution < -0.4 is 10.5 Å². The number of amides is 1. The number of halogens is 1. The molecule has 0 bridgehead atoms. The summed E-state index contributed by atoms with van der Waals surface area (Å²) in [4.78, 5) is 11.2. The highest BCUT2D eigenvalue weighted by Gasteiger charge is 2.09. The number of benzene rings is 1. The van der Waals surface area contributed by atoms with Crippen LogP contribution in [-0.2, 0) is 21.4 Å². The van der Waals surface area contributed by atoms with E-state index >= 15 is 0 Å². The molecule has 1 amide bonds. The molecule has 1 atom stereocenters. The molecule has 0 saturated heterocycles. The van der Waals surface area contributed by atoms with Crippen LogP contribution >= 0.6 is 11.6 Å². The lowest BCUT2D eigenvalue weighted by molar-refractivity contribution is -0.120. The maximum absolute atomic E-state index is 11.2. The lowest BCUT2D eigenvalue weighted by atomic mass is 10.2. The van der Waals surface area contributed by atoms with Crippen LogP contribution in [0.5, 0.6) is 0 Å². The van der Waals surface area contributed by atoms with Crippen LogP contribution in [0.15, 0.2) is 29.2 Å². The molecule has 0 aliphatic carbocycles. The van der Waals surface area contributed by atoms with Crippen molar-refractivity contribution < 1.29 is 13.2 Å². The summed E-state index contributed by atoms with van der Waals surface area (Å²) in [6, 6.07) is 5.94. The third-order valence-electron chi connectivity index (χ3n) is 2.08. The SMILES string of the molecule is CC(Cl)C(=O)NCc1ccc(S(N)(=O)=O)cc1. The van der Waals surface area contributed by atoms with Crippen molar-refractivity contribution >= 4 is 27.5 Å². The molecule has 0 saturated carbocycles. The van der Waals surface area contributed by atoms with Gasteiger partial charge in [0.05, 0.1) is 4.90 Å². The van der Waals surface area contributed by atoms with Crippen molar-refractivity contribution in [1.82, 2.24) is 5.32 Å². The van der Waals surface area contributed by atoms with Crippen molar-refractivity contribution in [2.45, 2.75) is 23.7 Å². The number of alkyl halides is 1. The molecule has 0 aromatic heterocycles. The number of hydrogen-bond donors (Lipinski definition) is 2. The summed E-state index contributed by atoms with van der Waals surface area (Å²) >= 11 is 5.57. The standard InChI is InChI=1S/C10H13ClN2O3S/c1-7(11)10(14)13-6-8-2-4-9(5-3-8)17(12,15)16/h2-5,7H,6H2,1H3,(H,13,14)(H2,12,15,16). The minimum absolute atomic E-state index is 0.0401. The van der Waals surface area contributed by atoms with Gasteiger partial charge in [-0.1, -0.05) is 12.1 Å². The van der Waals surface area contributed by atoms with E-state index < -0.39 is 15.4 Å². The van der Waals surface area contributed by atoms with Gasteiger partial charge in [0.2, 0.25) is 15.9 Å². The zero-order chi connectivity index (χ0) is 13.1. The van der Waals surface area contributed by atoms with Gasteiger partial charge >= 0.3 is 0 Å². The second kappa shape index (κ2) is 5.48. The fourth-order valence-electron chi connectivity index (χ4n) is 1.13. The van der Waals surface area contributed by atoms with Gasteiger partial charge in [-0.3, -0.25) is 4.79 Å². The molecular formula is C10H13ClN2O3S. The Balaban J connectivity index is 2.67. The van der Waals surface area contributed by atoms with Crippen LogP contribution in [0.25, 0.3) is 0 Å². The van der Waals surface area contributed by atoms with Gasteiger partial charge in [0.25, 0.3) is 0 Å². The predicted octanol–water partition coefficient (Wildman–Crippen LogP) is 0.577. The van der Waals surface area contributed by atoms with E-state index in [1.54, 1.807) is 19.1 Å². The number of nitrogens with one attached hydrogen (secondary N) is 1. The summed E-state index contributed by atoms with van der Waals surface area (Å²) in [6.07, 6.45) is 0. The van der Waals surface area contributed by atoms with Gasteiger partial charge in [-0.05, 0) is 24.6 Å². The Morgan fingerprint density at radius 2 is 1.94 bits per heavy atom. The highest BCUT2D eigenvalue weighted by Crippen LogP contribution is 2.08. The van der Waals surface area contributed by atoms with Gasteiger partial charge in [0, 0.05) is 6.54 Å². The fraction of sp³-hybridized carbons (Fsp3) is 0.300. The normalized spacial score (nSPS) is 13.1. The lowest BCUT2D eigenvalue weighted by Crippen LogP contribution is -2.29. The molecular weight excluding hydrogens is 264 g/mol. The molecule has 0 spiro atoms. The summed E-state index contributed by atoms with van der Waals surface area (Å²) < 4.78 is 22.0. The lowest BCUT2D eigenvalue weighted by Gasteiger charge is -2.06. The molecule has 17 heavy (non-hydrogen) atoms. The Labute approximate surface area is 105 Å². The van der Waals surface area contributed by atoms with Crippen molar-refractivity contribution in [3.63, 3.8) is 0 Å². The first kappa shape index (κ1) is 14.0. The van der Waals surface area contributed by atoms with Crippen LogP contribution in [0.4, 0.5) is 0 Å². The number of primary sulfonamides is 1. The molecule has 3 N–H and O–H groups in total. The van der Waals surface area contributed by atoms with E-state index in [1.807, 2.05) is 0 Å². The molecule has 94 valence electrons. The summed E-state index contributed by atoms with van der Waals surface area (Å²) in [5.74, 6) is -0.276. The van der Waals surface area contributed by atoms with Crippen molar-refractivity contribution in [3.05, 3.63) is 29.8 Å². The molecule has 0 fully saturated rings. The van der Waals surface area contributed by atoms with E-state index in [1.165, 1.54) is 12.1 Å². The summed E-state index contributed by atoms with van der Waals surface area (Å²) in [6.45, 7) is 1.86. The average Bonchev–Trinajstić information content (AvgIpc) is 2.25. The first-order valence-corrected chi connectivity index (χ1v) is 6.82. The number of carbonyl (C=O) groups is 1. The van der Waals surface area contributed by atoms with Gasteiger partial charge in [0.1, 0.15) is 5.38 Å². The number of sulfonamides is 1. The molecule has 0 aliphatic rings. The quantitative estimate of drug-likeness (QED) is 0.788.